The Morgan fingerprint density at radius 2 is 1.34 bits per heavy atom. The molecule has 0 N–H and O–H groups in total. The largest absolute Gasteiger partial charge is 0.353 e. The van der Waals surface area contributed by atoms with Crippen molar-refractivity contribution in [2.75, 3.05) is 69.2 Å². The van der Waals surface area contributed by atoms with Crippen molar-refractivity contribution in [2.24, 2.45) is 0 Å². The number of carbonyl (C=O) groups is 1. The molecule has 29 heavy (non-hydrogen) atoms. The van der Waals surface area contributed by atoms with Gasteiger partial charge in [-0.15, -0.1) is 10.2 Å². The Morgan fingerprint density at radius 3 is 1.90 bits per heavy atom. The number of benzene rings is 1. The second-order valence-electron chi connectivity index (χ2n) is 7.89. The smallest absolute Gasteiger partial charge is 0.223 e. The van der Waals surface area contributed by atoms with Gasteiger partial charge in [0.2, 0.25) is 5.91 Å². The molecule has 0 aliphatic carbocycles. The maximum absolute atomic E-state index is 12.5. The molecular weight excluding hydrogens is 364 g/mol. The van der Waals surface area contributed by atoms with Gasteiger partial charge < -0.3 is 19.6 Å². The van der Waals surface area contributed by atoms with E-state index in [-0.39, 0.29) is 5.91 Å². The van der Waals surface area contributed by atoms with E-state index in [9.17, 15) is 4.79 Å². The summed E-state index contributed by atoms with van der Waals surface area (Å²) in [7, 11) is 2.15. The Hall–Kier alpha value is -2.67. The molecule has 7 nitrogen and oxygen atoms in total. The molecule has 0 radical (unpaired) electrons. The summed E-state index contributed by atoms with van der Waals surface area (Å²) in [5.41, 5.74) is 1.22. The lowest BCUT2D eigenvalue weighted by Crippen LogP contribution is -2.49. The summed E-state index contributed by atoms with van der Waals surface area (Å²) in [6.07, 6.45) is 1.38. The molecule has 3 heterocycles. The van der Waals surface area contributed by atoms with Gasteiger partial charge in [0.05, 0.1) is 0 Å². The fourth-order valence-corrected chi connectivity index (χ4v) is 3.93. The van der Waals surface area contributed by atoms with Crippen LogP contribution in [0, 0.1) is 0 Å². The van der Waals surface area contributed by atoms with E-state index in [4.69, 9.17) is 0 Å². The molecule has 0 unspecified atom stereocenters. The SMILES string of the molecule is CN1CCN(c2ccc(N3CCN(C(=O)CCc4ccccc4)CC3)nn2)CC1. The van der Waals surface area contributed by atoms with Gasteiger partial charge in [0, 0.05) is 58.8 Å². The summed E-state index contributed by atoms with van der Waals surface area (Å²) in [5, 5.41) is 8.91. The molecule has 1 amide bonds. The molecule has 1 aromatic carbocycles. The lowest BCUT2D eigenvalue weighted by atomic mass is 10.1. The maximum atomic E-state index is 12.5. The summed E-state index contributed by atoms with van der Waals surface area (Å²) >= 11 is 0. The van der Waals surface area contributed by atoms with Gasteiger partial charge in [-0.25, -0.2) is 0 Å². The average Bonchev–Trinajstić information content (AvgIpc) is 2.79. The van der Waals surface area contributed by atoms with E-state index in [1.807, 2.05) is 23.1 Å². The summed E-state index contributed by atoms with van der Waals surface area (Å²) in [4.78, 5) is 21.4. The Morgan fingerprint density at radius 1 is 0.793 bits per heavy atom. The number of hydrogen-bond donors (Lipinski definition) is 0. The van der Waals surface area contributed by atoms with Crippen LogP contribution in [0.15, 0.2) is 42.5 Å². The van der Waals surface area contributed by atoms with E-state index in [0.29, 0.717) is 6.42 Å². The molecule has 2 fully saturated rings. The normalized spacial score (nSPS) is 18.2. The molecule has 7 heteroatoms. The van der Waals surface area contributed by atoms with E-state index in [0.717, 1.165) is 70.4 Å². The van der Waals surface area contributed by atoms with Crippen molar-refractivity contribution >= 4 is 17.5 Å². The van der Waals surface area contributed by atoms with E-state index in [1.165, 1.54) is 5.56 Å². The van der Waals surface area contributed by atoms with Gasteiger partial charge in [-0.2, -0.15) is 0 Å². The van der Waals surface area contributed by atoms with Crippen molar-refractivity contribution in [2.45, 2.75) is 12.8 Å². The first kappa shape index (κ1) is 19.6. The molecule has 2 aliphatic heterocycles. The number of hydrogen-bond acceptors (Lipinski definition) is 6. The average molecular weight is 395 g/mol. The first-order valence-electron chi connectivity index (χ1n) is 10.5. The van der Waals surface area contributed by atoms with Gasteiger partial charge in [-0.3, -0.25) is 4.79 Å². The standard InChI is InChI=1S/C22H30N6O/c1-25-11-13-26(14-12-25)20-8-9-21(24-23-20)27-15-17-28(18-16-27)22(29)10-7-19-5-3-2-4-6-19/h2-6,8-9H,7,10-18H2,1H3. The molecule has 1 aromatic heterocycles. The fourth-order valence-electron chi connectivity index (χ4n) is 3.93. The van der Waals surface area contributed by atoms with Crippen LogP contribution >= 0.6 is 0 Å². The van der Waals surface area contributed by atoms with Crippen molar-refractivity contribution in [3.63, 3.8) is 0 Å². The van der Waals surface area contributed by atoms with Gasteiger partial charge in [0.15, 0.2) is 11.6 Å². The lowest BCUT2D eigenvalue weighted by molar-refractivity contribution is -0.131. The van der Waals surface area contributed by atoms with Gasteiger partial charge in [-0.1, -0.05) is 30.3 Å². The highest BCUT2D eigenvalue weighted by Crippen LogP contribution is 2.18. The Kier molecular flexibility index (Phi) is 6.24. The van der Waals surface area contributed by atoms with Crippen LogP contribution < -0.4 is 9.80 Å². The zero-order chi connectivity index (χ0) is 20.1. The summed E-state index contributed by atoms with van der Waals surface area (Å²) < 4.78 is 0. The number of likely N-dealkylation sites (N-methyl/N-ethyl adjacent to an activating group) is 1. The molecule has 2 aromatic rings. The van der Waals surface area contributed by atoms with Crippen molar-refractivity contribution in [1.82, 2.24) is 20.0 Å². The minimum Gasteiger partial charge on any atom is -0.353 e. The minimum absolute atomic E-state index is 0.241. The second-order valence-corrected chi connectivity index (χ2v) is 7.89. The van der Waals surface area contributed by atoms with Crippen molar-refractivity contribution in [1.29, 1.82) is 0 Å². The minimum atomic E-state index is 0.241. The van der Waals surface area contributed by atoms with Crippen LogP contribution in [0.25, 0.3) is 0 Å². The third-order valence-electron chi connectivity index (χ3n) is 5.89. The molecule has 2 saturated heterocycles. The predicted octanol–water partition coefficient (Wildman–Crippen LogP) is 1.51. The molecule has 0 saturated carbocycles. The number of rotatable bonds is 5. The summed E-state index contributed by atoms with van der Waals surface area (Å²) in [5.74, 6) is 2.10. The first-order valence-corrected chi connectivity index (χ1v) is 10.5. The summed E-state index contributed by atoms with van der Waals surface area (Å²) in [6.45, 7) is 7.21. The predicted molar refractivity (Wildman–Crippen MR) is 115 cm³/mol. The summed E-state index contributed by atoms with van der Waals surface area (Å²) in [6, 6.07) is 14.3. The molecule has 154 valence electrons. The van der Waals surface area contributed by atoms with Crippen molar-refractivity contribution in [3.8, 4) is 0 Å². The number of piperazine rings is 2. The van der Waals surface area contributed by atoms with Crippen LogP contribution in [0.5, 0.6) is 0 Å². The monoisotopic (exact) mass is 394 g/mol. The quantitative estimate of drug-likeness (QED) is 0.766. The Labute approximate surface area is 172 Å². The molecular formula is C22H30N6O. The van der Waals surface area contributed by atoms with Gasteiger partial charge in [0.25, 0.3) is 0 Å². The highest BCUT2D eigenvalue weighted by atomic mass is 16.2. The van der Waals surface area contributed by atoms with E-state index < -0.39 is 0 Å². The number of amides is 1. The zero-order valence-electron chi connectivity index (χ0n) is 17.2. The number of nitrogens with zero attached hydrogens (tertiary/aromatic N) is 6. The van der Waals surface area contributed by atoms with Gasteiger partial charge in [0.1, 0.15) is 0 Å². The molecule has 0 spiro atoms. The maximum Gasteiger partial charge on any atom is 0.223 e. The highest BCUT2D eigenvalue weighted by molar-refractivity contribution is 5.76. The Balaban J connectivity index is 1.25. The van der Waals surface area contributed by atoms with Gasteiger partial charge in [-0.05, 0) is 31.2 Å². The molecule has 2 aliphatic rings. The first-order chi connectivity index (χ1) is 14.2. The third-order valence-corrected chi connectivity index (χ3v) is 5.89. The number of aromatic nitrogens is 2. The number of aryl methyl sites for hydroxylation is 1. The third kappa shape index (κ3) is 5.03. The Bertz CT molecular complexity index is 781. The lowest BCUT2D eigenvalue weighted by Gasteiger charge is -2.36. The number of carbonyl (C=O) groups excluding carboxylic acids is 1. The molecule has 4 rings (SSSR count). The van der Waals surface area contributed by atoms with Crippen LogP contribution in [-0.2, 0) is 11.2 Å². The van der Waals surface area contributed by atoms with Crippen LogP contribution in [0.3, 0.4) is 0 Å². The van der Waals surface area contributed by atoms with Crippen LogP contribution in [0.1, 0.15) is 12.0 Å². The number of anilines is 2. The van der Waals surface area contributed by atoms with E-state index >= 15 is 0 Å². The van der Waals surface area contributed by atoms with Crippen LogP contribution in [0.4, 0.5) is 11.6 Å². The second kappa shape index (κ2) is 9.22. The topological polar surface area (TPSA) is 55.8 Å². The van der Waals surface area contributed by atoms with Crippen LogP contribution in [0.2, 0.25) is 0 Å². The van der Waals surface area contributed by atoms with Gasteiger partial charge >= 0.3 is 0 Å². The highest BCUT2D eigenvalue weighted by Gasteiger charge is 2.22. The van der Waals surface area contributed by atoms with Crippen molar-refractivity contribution in [3.05, 3.63) is 48.0 Å². The van der Waals surface area contributed by atoms with Crippen molar-refractivity contribution < 1.29 is 4.79 Å². The molecule has 0 bridgehead atoms. The van der Waals surface area contributed by atoms with E-state index in [1.54, 1.807) is 0 Å². The van der Waals surface area contributed by atoms with Crippen LogP contribution in [-0.4, -0.2) is 85.3 Å². The zero-order valence-corrected chi connectivity index (χ0v) is 17.2. The molecule has 0 atom stereocenters. The van der Waals surface area contributed by atoms with E-state index in [2.05, 4.69) is 56.2 Å². The fraction of sp³-hybridized carbons (Fsp3) is 0.500.